The summed E-state index contributed by atoms with van der Waals surface area (Å²) >= 11 is 5.96. The summed E-state index contributed by atoms with van der Waals surface area (Å²) in [6.07, 6.45) is 1.75. The molecule has 0 radical (unpaired) electrons. The molecule has 0 spiro atoms. The lowest BCUT2D eigenvalue weighted by Crippen LogP contribution is -2.44. The minimum atomic E-state index is 0. The number of hydrogen-bond acceptors (Lipinski definition) is 6. The van der Waals surface area contributed by atoms with Crippen LogP contribution < -0.4 is 5.32 Å². The van der Waals surface area contributed by atoms with Crippen molar-refractivity contribution in [3.8, 4) is 17.1 Å². The summed E-state index contributed by atoms with van der Waals surface area (Å²) < 4.78 is 7.35. The number of nitrogens with zero attached hydrogens (tertiary/aromatic N) is 5. The average molecular weight is 395 g/mol. The molecule has 0 saturated carbocycles. The van der Waals surface area contributed by atoms with Crippen LogP contribution >= 0.6 is 24.0 Å². The van der Waals surface area contributed by atoms with E-state index in [2.05, 4.69) is 32.5 Å². The number of hydrogen-bond donors (Lipinski definition) is 1. The zero-order valence-electron chi connectivity index (χ0n) is 14.5. The largest absolute Gasteiger partial charge is 0.334 e. The third-order valence-corrected chi connectivity index (χ3v) is 4.81. The fourth-order valence-electron chi connectivity index (χ4n) is 3.04. The molecule has 0 bridgehead atoms. The minimum Gasteiger partial charge on any atom is -0.334 e. The Hall–Kier alpha value is -1.93. The first-order chi connectivity index (χ1) is 12.1. The molecule has 1 saturated heterocycles. The molecule has 1 unspecified atom stereocenters. The average Bonchev–Trinajstić information content (AvgIpc) is 3.23. The van der Waals surface area contributed by atoms with Crippen molar-refractivity contribution >= 4 is 24.0 Å². The van der Waals surface area contributed by atoms with Crippen LogP contribution in [0.3, 0.4) is 0 Å². The summed E-state index contributed by atoms with van der Waals surface area (Å²) in [6.45, 7) is 4.74. The highest BCUT2D eigenvalue weighted by atomic mass is 35.5. The molecule has 2 aromatic heterocycles. The van der Waals surface area contributed by atoms with E-state index in [1.807, 2.05) is 35.9 Å². The number of likely N-dealkylation sites (N-methyl/N-ethyl adjacent to an activating group) is 1. The Morgan fingerprint density at radius 2 is 2.04 bits per heavy atom. The molecule has 1 aliphatic rings. The first kappa shape index (κ1) is 18.8. The lowest BCUT2D eigenvalue weighted by molar-refractivity contribution is 0.190. The van der Waals surface area contributed by atoms with Gasteiger partial charge in [-0.25, -0.2) is 4.68 Å². The van der Waals surface area contributed by atoms with E-state index in [-0.39, 0.29) is 18.4 Å². The second-order valence-electron chi connectivity index (χ2n) is 6.19. The number of benzene rings is 1. The monoisotopic (exact) mass is 394 g/mol. The highest BCUT2D eigenvalue weighted by molar-refractivity contribution is 6.30. The van der Waals surface area contributed by atoms with Crippen molar-refractivity contribution in [2.45, 2.75) is 13.0 Å². The van der Waals surface area contributed by atoms with Crippen LogP contribution in [0.2, 0.25) is 5.02 Å². The Kier molecular flexibility index (Phi) is 5.62. The Labute approximate surface area is 162 Å². The van der Waals surface area contributed by atoms with E-state index in [1.165, 1.54) is 0 Å². The van der Waals surface area contributed by atoms with E-state index in [9.17, 15) is 0 Å². The van der Waals surface area contributed by atoms with E-state index in [4.69, 9.17) is 16.1 Å². The molecule has 1 atom stereocenters. The maximum absolute atomic E-state index is 5.96. The Morgan fingerprint density at radius 1 is 1.27 bits per heavy atom. The third-order valence-electron chi connectivity index (χ3n) is 4.56. The molecule has 1 aliphatic heterocycles. The fraction of sp³-hybridized carbons (Fsp3) is 0.353. The smallest absolute Gasteiger partial charge is 0.261 e. The van der Waals surface area contributed by atoms with Gasteiger partial charge < -0.3 is 9.84 Å². The molecule has 4 rings (SSSR count). The van der Waals surface area contributed by atoms with E-state index in [1.54, 1.807) is 6.20 Å². The SMILES string of the molecule is Cc1c(-c2nc(C3CNCCN3C)no2)cnn1-c1ccc(Cl)cc1.Cl. The van der Waals surface area contributed by atoms with Gasteiger partial charge in [0.25, 0.3) is 5.89 Å². The molecular formula is C17H20Cl2N6O. The Balaban J connectivity index is 0.00000196. The van der Waals surface area contributed by atoms with Crippen LogP contribution in [0.5, 0.6) is 0 Å². The Bertz CT molecular complexity index is 876. The predicted molar refractivity (Wildman–Crippen MR) is 102 cm³/mol. The molecule has 3 aromatic rings. The second kappa shape index (κ2) is 7.75. The molecule has 138 valence electrons. The van der Waals surface area contributed by atoms with Gasteiger partial charge >= 0.3 is 0 Å². The zero-order chi connectivity index (χ0) is 17.4. The summed E-state index contributed by atoms with van der Waals surface area (Å²) in [4.78, 5) is 6.83. The van der Waals surface area contributed by atoms with Gasteiger partial charge in [-0.3, -0.25) is 4.90 Å². The van der Waals surface area contributed by atoms with Gasteiger partial charge in [0.05, 0.1) is 29.2 Å². The number of rotatable bonds is 3. The van der Waals surface area contributed by atoms with Crippen LogP contribution in [0.15, 0.2) is 35.0 Å². The van der Waals surface area contributed by atoms with Crippen molar-refractivity contribution in [3.05, 3.63) is 47.0 Å². The van der Waals surface area contributed by atoms with Crippen LogP contribution in [-0.4, -0.2) is 51.5 Å². The quantitative estimate of drug-likeness (QED) is 0.736. The molecule has 1 aromatic carbocycles. The number of aromatic nitrogens is 4. The first-order valence-corrected chi connectivity index (χ1v) is 8.57. The minimum absolute atomic E-state index is 0. The van der Waals surface area contributed by atoms with Gasteiger partial charge in [0, 0.05) is 24.7 Å². The van der Waals surface area contributed by atoms with Crippen molar-refractivity contribution in [2.75, 3.05) is 26.7 Å². The van der Waals surface area contributed by atoms with Crippen LogP contribution in [0, 0.1) is 6.92 Å². The summed E-state index contributed by atoms with van der Waals surface area (Å²) in [5, 5.41) is 12.7. The van der Waals surface area contributed by atoms with Crippen molar-refractivity contribution in [2.24, 2.45) is 0 Å². The fourth-order valence-corrected chi connectivity index (χ4v) is 3.16. The standard InChI is InChI=1S/C17H19ClN6O.ClH/c1-11-14(9-20-24(11)13-5-3-12(18)4-6-13)17-21-16(22-25-17)15-10-19-7-8-23(15)2;/h3-6,9,15,19H,7-8,10H2,1-2H3;1H. The maximum atomic E-state index is 5.96. The number of halogens is 2. The van der Waals surface area contributed by atoms with Crippen LogP contribution in [0.4, 0.5) is 0 Å². The lowest BCUT2D eigenvalue weighted by Gasteiger charge is -2.30. The van der Waals surface area contributed by atoms with Crippen molar-refractivity contribution in [1.29, 1.82) is 0 Å². The van der Waals surface area contributed by atoms with Crippen LogP contribution in [0.1, 0.15) is 17.6 Å². The van der Waals surface area contributed by atoms with Gasteiger partial charge in [0.15, 0.2) is 5.82 Å². The van der Waals surface area contributed by atoms with Crippen molar-refractivity contribution < 1.29 is 4.52 Å². The molecule has 9 heteroatoms. The topological polar surface area (TPSA) is 72.0 Å². The molecule has 1 fully saturated rings. The molecule has 26 heavy (non-hydrogen) atoms. The lowest BCUT2D eigenvalue weighted by atomic mass is 10.2. The highest BCUT2D eigenvalue weighted by Crippen LogP contribution is 2.26. The van der Waals surface area contributed by atoms with Crippen molar-refractivity contribution in [3.63, 3.8) is 0 Å². The highest BCUT2D eigenvalue weighted by Gasteiger charge is 2.26. The van der Waals surface area contributed by atoms with Gasteiger partial charge in [0.2, 0.25) is 0 Å². The van der Waals surface area contributed by atoms with Gasteiger partial charge in [-0.15, -0.1) is 12.4 Å². The van der Waals surface area contributed by atoms with Crippen LogP contribution in [0.25, 0.3) is 17.1 Å². The van der Waals surface area contributed by atoms with E-state index >= 15 is 0 Å². The molecule has 0 aliphatic carbocycles. The van der Waals surface area contributed by atoms with E-state index < -0.39 is 0 Å². The third kappa shape index (κ3) is 3.48. The van der Waals surface area contributed by atoms with Gasteiger partial charge in [0.1, 0.15) is 0 Å². The summed E-state index contributed by atoms with van der Waals surface area (Å²) in [5.74, 6) is 1.19. The van der Waals surface area contributed by atoms with Gasteiger partial charge in [-0.05, 0) is 38.2 Å². The first-order valence-electron chi connectivity index (χ1n) is 8.19. The molecule has 1 N–H and O–H groups in total. The predicted octanol–water partition coefficient (Wildman–Crippen LogP) is 2.88. The summed E-state index contributed by atoms with van der Waals surface area (Å²) in [7, 11) is 2.07. The molecule has 3 heterocycles. The van der Waals surface area contributed by atoms with Crippen molar-refractivity contribution in [1.82, 2.24) is 30.1 Å². The summed E-state index contributed by atoms with van der Waals surface area (Å²) in [5.41, 5.74) is 2.71. The maximum Gasteiger partial charge on any atom is 0.261 e. The van der Waals surface area contributed by atoms with Gasteiger partial charge in [-0.2, -0.15) is 10.1 Å². The van der Waals surface area contributed by atoms with Gasteiger partial charge in [-0.1, -0.05) is 16.8 Å². The Morgan fingerprint density at radius 3 is 2.77 bits per heavy atom. The molecule has 0 amide bonds. The van der Waals surface area contributed by atoms with E-state index in [0.717, 1.165) is 36.6 Å². The second-order valence-corrected chi connectivity index (χ2v) is 6.63. The zero-order valence-corrected chi connectivity index (χ0v) is 16.1. The normalized spacial score (nSPS) is 17.9. The molecule has 7 nitrogen and oxygen atoms in total. The number of nitrogens with one attached hydrogen (secondary N) is 1. The number of piperazine rings is 1. The van der Waals surface area contributed by atoms with Crippen LogP contribution in [-0.2, 0) is 0 Å². The molecular weight excluding hydrogens is 375 g/mol. The summed E-state index contributed by atoms with van der Waals surface area (Å²) in [6, 6.07) is 7.66. The van der Waals surface area contributed by atoms with E-state index in [0.29, 0.717) is 16.7 Å².